The molecule has 1 aromatic heterocycles. The van der Waals surface area contributed by atoms with Gasteiger partial charge in [0.1, 0.15) is 0 Å². The third kappa shape index (κ3) is 4.75. The molecular formula is C24H34N4O4. The molecule has 1 aromatic rings. The van der Waals surface area contributed by atoms with Crippen molar-refractivity contribution in [3.63, 3.8) is 0 Å². The number of aryl methyl sites for hydroxylation is 2. The van der Waals surface area contributed by atoms with E-state index in [1.807, 2.05) is 9.80 Å². The maximum atomic E-state index is 13.1. The summed E-state index contributed by atoms with van der Waals surface area (Å²) in [5.41, 5.74) is 2.40. The Balaban J connectivity index is 1.08. The lowest BCUT2D eigenvalue weighted by atomic mass is 9.96. The van der Waals surface area contributed by atoms with Gasteiger partial charge in [-0.1, -0.05) is 0 Å². The van der Waals surface area contributed by atoms with E-state index in [2.05, 4.69) is 16.3 Å². The average Bonchev–Trinajstić information content (AvgIpc) is 3.24. The molecule has 32 heavy (non-hydrogen) atoms. The summed E-state index contributed by atoms with van der Waals surface area (Å²) >= 11 is 0. The van der Waals surface area contributed by atoms with Gasteiger partial charge in [0.05, 0.1) is 18.2 Å². The van der Waals surface area contributed by atoms with E-state index in [-0.39, 0.29) is 23.8 Å². The average molecular weight is 443 g/mol. The van der Waals surface area contributed by atoms with Crippen LogP contribution in [0.15, 0.2) is 6.07 Å². The number of hydrogen-bond acceptors (Lipinski definition) is 6. The molecule has 1 atom stereocenters. The zero-order chi connectivity index (χ0) is 21.9. The van der Waals surface area contributed by atoms with Crippen LogP contribution in [0, 0.1) is 11.8 Å². The highest BCUT2D eigenvalue weighted by Crippen LogP contribution is 2.28. The number of rotatable bonds is 5. The first kappa shape index (κ1) is 21.6. The maximum absolute atomic E-state index is 13.1. The van der Waals surface area contributed by atoms with Crippen LogP contribution < -0.4 is 4.74 Å². The van der Waals surface area contributed by atoms with Gasteiger partial charge in [-0.05, 0) is 62.8 Å². The van der Waals surface area contributed by atoms with Crippen molar-refractivity contribution >= 4 is 11.8 Å². The van der Waals surface area contributed by atoms with Gasteiger partial charge in [0.15, 0.2) is 0 Å². The summed E-state index contributed by atoms with van der Waals surface area (Å²) in [7, 11) is 0. The fraction of sp³-hybridized carbons (Fsp3) is 0.750. The maximum Gasteiger partial charge on any atom is 0.233 e. The molecule has 4 heterocycles. The summed E-state index contributed by atoms with van der Waals surface area (Å²) in [5, 5.41) is 8.59. The molecule has 8 nitrogen and oxygen atoms in total. The number of ether oxygens (including phenoxy) is 2. The molecule has 0 radical (unpaired) electrons. The van der Waals surface area contributed by atoms with Crippen molar-refractivity contribution in [3.8, 4) is 5.88 Å². The van der Waals surface area contributed by atoms with Gasteiger partial charge in [-0.2, -0.15) is 5.10 Å². The Morgan fingerprint density at radius 3 is 2.69 bits per heavy atom. The first-order valence-electron chi connectivity index (χ1n) is 12.3. The number of carbonyl (C=O) groups excluding carboxylic acids is 2. The lowest BCUT2D eigenvalue weighted by Gasteiger charge is -2.34. The normalized spacial score (nSPS) is 25.1. The van der Waals surface area contributed by atoms with Crippen molar-refractivity contribution in [1.29, 1.82) is 0 Å². The van der Waals surface area contributed by atoms with Crippen LogP contribution in [-0.2, 0) is 27.2 Å². The predicted molar refractivity (Wildman–Crippen MR) is 117 cm³/mol. The van der Waals surface area contributed by atoms with Crippen molar-refractivity contribution in [1.82, 2.24) is 20.0 Å². The molecule has 0 aromatic carbocycles. The molecule has 5 rings (SSSR count). The van der Waals surface area contributed by atoms with E-state index in [9.17, 15) is 9.59 Å². The smallest absolute Gasteiger partial charge is 0.233 e. The number of piperidine rings is 1. The quantitative estimate of drug-likeness (QED) is 0.694. The number of fused-ring (bicyclic) bond motifs is 1. The van der Waals surface area contributed by atoms with Crippen LogP contribution in [0.25, 0.3) is 0 Å². The van der Waals surface area contributed by atoms with Gasteiger partial charge in [0.2, 0.25) is 17.7 Å². The molecule has 4 aliphatic rings. The number of nitrogens with zero attached hydrogens (tertiary/aromatic N) is 4. The van der Waals surface area contributed by atoms with Gasteiger partial charge in [0, 0.05) is 51.4 Å². The Hall–Kier alpha value is -2.22. The fourth-order valence-electron chi connectivity index (χ4n) is 5.57. The summed E-state index contributed by atoms with van der Waals surface area (Å²) in [6.45, 7) is 4.09. The molecular weight excluding hydrogens is 408 g/mol. The van der Waals surface area contributed by atoms with Gasteiger partial charge < -0.3 is 19.3 Å². The summed E-state index contributed by atoms with van der Waals surface area (Å²) in [5.74, 6) is 1.13. The summed E-state index contributed by atoms with van der Waals surface area (Å²) in [6.07, 6.45) is 8.47. The molecule has 2 amide bonds. The lowest BCUT2D eigenvalue weighted by molar-refractivity contribution is -0.137. The molecule has 0 bridgehead atoms. The zero-order valence-corrected chi connectivity index (χ0v) is 18.8. The highest BCUT2D eigenvalue weighted by atomic mass is 16.5. The second-order valence-electron chi connectivity index (χ2n) is 9.73. The Morgan fingerprint density at radius 2 is 1.88 bits per heavy atom. The van der Waals surface area contributed by atoms with Crippen LogP contribution in [0.3, 0.4) is 0 Å². The second kappa shape index (κ2) is 9.73. The van der Waals surface area contributed by atoms with Gasteiger partial charge in [-0.15, -0.1) is 5.10 Å². The van der Waals surface area contributed by atoms with Crippen molar-refractivity contribution in [2.75, 3.05) is 39.5 Å². The van der Waals surface area contributed by atoms with Crippen LogP contribution in [-0.4, -0.2) is 77.3 Å². The third-order valence-corrected chi connectivity index (χ3v) is 7.58. The highest BCUT2D eigenvalue weighted by molar-refractivity contribution is 5.89. The molecule has 3 saturated heterocycles. The Morgan fingerprint density at radius 1 is 1.09 bits per heavy atom. The Bertz CT molecular complexity index is 833. The van der Waals surface area contributed by atoms with Crippen molar-refractivity contribution in [3.05, 3.63) is 17.3 Å². The van der Waals surface area contributed by atoms with E-state index in [1.165, 1.54) is 18.4 Å². The van der Waals surface area contributed by atoms with E-state index in [1.54, 1.807) is 0 Å². The van der Waals surface area contributed by atoms with Gasteiger partial charge in [-0.3, -0.25) is 9.59 Å². The van der Waals surface area contributed by atoms with Crippen molar-refractivity contribution in [2.24, 2.45) is 11.8 Å². The van der Waals surface area contributed by atoms with E-state index < -0.39 is 0 Å². The van der Waals surface area contributed by atoms with Crippen LogP contribution in [0.1, 0.15) is 56.2 Å². The largest absolute Gasteiger partial charge is 0.476 e. The molecule has 0 spiro atoms. The lowest BCUT2D eigenvalue weighted by Crippen LogP contribution is -2.44. The molecule has 8 heteroatoms. The molecule has 174 valence electrons. The number of hydrogen-bond donors (Lipinski definition) is 0. The van der Waals surface area contributed by atoms with E-state index >= 15 is 0 Å². The summed E-state index contributed by atoms with van der Waals surface area (Å²) < 4.78 is 11.4. The van der Waals surface area contributed by atoms with E-state index in [0.29, 0.717) is 44.6 Å². The van der Waals surface area contributed by atoms with Crippen LogP contribution >= 0.6 is 0 Å². The molecule has 1 unspecified atom stereocenters. The van der Waals surface area contributed by atoms with Crippen LogP contribution in [0.2, 0.25) is 0 Å². The monoisotopic (exact) mass is 442 g/mol. The van der Waals surface area contributed by atoms with Crippen LogP contribution in [0.5, 0.6) is 5.88 Å². The van der Waals surface area contributed by atoms with Gasteiger partial charge in [0.25, 0.3) is 0 Å². The topological polar surface area (TPSA) is 84.9 Å². The standard InChI is InChI=1S/C24H34N4O4/c29-23-14-19(15-28(23)20-7-11-31-12-8-20)24(30)27-9-5-17(6-10-27)16-32-22-13-18-3-1-2-4-21(18)25-26-22/h13,17,19-20H,1-12,14-16H2. The minimum absolute atomic E-state index is 0.129. The highest BCUT2D eigenvalue weighted by Gasteiger charge is 2.40. The fourth-order valence-corrected chi connectivity index (χ4v) is 5.57. The summed E-state index contributed by atoms with van der Waals surface area (Å²) in [6, 6.07) is 2.30. The zero-order valence-electron chi connectivity index (χ0n) is 18.8. The van der Waals surface area contributed by atoms with Gasteiger partial charge >= 0.3 is 0 Å². The molecule has 3 aliphatic heterocycles. The number of carbonyl (C=O) groups is 2. The third-order valence-electron chi connectivity index (χ3n) is 7.58. The molecule has 1 aliphatic carbocycles. The Kier molecular flexibility index (Phi) is 6.57. The number of likely N-dealkylation sites (tertiary alicyclic amines) is 2. The van der Waals surface area contributed by atoms with Crippen molar-refractivity contribution < 1.29 is 19.1 Å². The molecule has 3 fully saturated rings. The second-order valence-corrected chi connectivity index (χ2v) is 9.73. The predicted octanol–water partition coefficient (Wildman–Crippen LogP) is 2.00. The number of aromatic nitrogens is 2. The van der Waals surface area contributed by atoms with E-state index in [0.717, 1.165) is 57.3 Å². The SMILES string of the molecule is O=C(C1CC(=O)N(C2CCOCC2)C1)N1CCC(COc2cc3c(nn2)CCCC3)CC1. The number of amides is 2. The van der Waals surface area contributed by atoms with Crippen molar-refractivity contribution in [2.45, 2.75) is 63.8 Å². The minimum atomic E-state index is -0.191. The van der Waals surface area contributed by atoms with E-state index in [4.69, 9.17) is 9.47 Å². The molecule has 0 saturated carbocycles. The first-order valence-corrected chi connectivity index (χ1v) is 12.3. The van der Waals surface area contributed by atoms with Crippen LogP contribution in [0.4, 0.5) is 0 Å². The Labute approximate surface area is 189 Å². The minimum Gasteiger partial charge on any atom is -0.476 e. The summed E-state index contributed by atoms with van der Waals surface area (Å²) in [4.78, 5) is 29.5. The molecule has 0 N–H and O–H groups in total. The van der Waals surface area contributed by atoms with Gasteiger partial charge in [-0.25, -0.2) is 0 Å². The first-order chi connectivity index (χ1) is 15.7.